The van der Waals surface area contributed by atoms with E-state index in [1.54, 1.807) is 89.4 Å². The van der Waals surface area contributed by atoms with Gasteiger partial charge >= 0.3 is 6.09 Å². The molecular weight excluding hydrogens is 610 g/mol. The number of nitrogens with one attached hydrogen (secondary N) is 2. The van der Waals surface area contributed by atoms with Crippen molar-refractivity contribution in [3.8, 4) is 17.2 Å². The molecule has 0 saturated heterocycles. The van der Waals surface area contributed by atoms with E-state index < -0.39 is 35.6 Å². The van der Waals surface area contributed by atoms with Crippen LogP contribution in [0.4, 0.5) is 10.5 Å². The molecule has 260 valence electrons. The van der Waals surface area contributed by atoms with Gasteiger partial charge < -0.3 is 35.2 Å². The average Bonchev–Trinajstić information content (AvgIpc) is 3.03. The minimum Gasteiger partial charge on any atom is -0.508 e. The lowest BCUT2D eigenvalue weighted by atomic mass is 9.97. The van der Waals surface area contributed by atoms with Crippen molar-refractivity contribution in [2.24, 2.45) is 0 Å². The van der Waals surface area contributed by atoms with Gasteiger partial charge in [-0.05, 0) is 81.6 Å². The van der Waals surface area contributed by atoms with Crippen LogP contribution < -0.4 is 15.4 Å². The van der Waals surface area contributed by atoms with Gasteiger partial charge in [0, 0.05) is 24.2 Å². The number of aryl methyl sites for hydroxylation is 1. The maximum absolute atomic E-state index is 14.8. The number of alkyl carbamates (subject to hydrolysis) is 1. The first-order chi connectivity index (χ1) is 22.8. The molecule has 0 aliphatic heterocycles. The number of nitrogens with zero attached hydrogens (tertiary/aromatic N) is 1. The second-order valence-corrected chi connectivity index (χ2v) is 13.0. The van der Waals surface area contributed by atoms with E-state index in [2.05, 4.69) is 17.6 Å². The van der Waals surface area contributed by atoms with Gasteiger partial charge in [0.25, 0.3) is 5.91 Å². The molecule has 3 rings (SSSR count). The highest BCUT2D eigenvalue weighted by Crippen LogP contribution is 2.34. The average molecular weight is 662 g/mol. The van der Waals surface area contributed by atoms with Crippen LogP contribution in [0, 0.1) is 6.92 Å². The number of benzene rings is 3. The van der Waals surface area contributed by atoms with Gasteiger partial charge in [0.05, 0.1) is 7.11 Å². The van der Waals surface area contributed by atoms with Crippen LogP contribution in [0.15, 0.2) is 66.7 Å². The maximum atomic E-state index is 14.8. The van der Waals surface area contributed by atoms with Crippen LogP contribution in [0.25, 0.3) is 0 Å². The summed E-state index contributed by atoms with van der Waals surface area (Å²) in [6, 6.07) is 15.9. The van der Waals surface area contributed by atoms with E-state index in [0.29, 0.717) is 29.0 Å². The van der Waals surface area contributed by atoms with Crippen LogP contribution in [-0.4, -0.2) is 58.3 Å². The fraction of sp³-hybridized carbons (Fsp3) is 0.447. The van der Waals surface area contributed by atoms with Crippen LogP contribution in [0.5, 0.6) is 17.2 Å². The Kier molecular flexibility index (Phi) is 14.1. The molecule has 10 nitrogen and oxygen atoms in total. The Morgan fingerprint density at radius 2 is 1.52 bits per heavy atom. The Morgan fingerprint density at radius 3 is 2.15 bits per heavy atom. The fourth-order valence-electron chi connectivity index (χ4n) is 5.38. The molecule has 0 fully saturated rings. The van der Waals surface area contributed by atoms with Crippen molar-refractivity contribution in [1.29, 1.82) is 0 Å². The Hall–Kier alpha value is -4.73. The largest absolute Gasteiger partial charge is 0.508 e. The van der Waals surface area contributed by atoms with E-state index in [9.17, 15) is 24.6 Å². The molecule has 3 amide bonds. The molecule has 0 aliphatic carbocycles. The van der Waals surface area contributed by atoms with E-state index in [0.717, 1.165) is 32.1 Å². The molecule has 10 heteroatoms. The van der Waals surface area contributed by atoms with Crippen molar-refractivity contribution in [3.63, 3.8) is 0 Å². The van der Waals surface area contributed by atoms with E-state index in [-0.39, 0.29) is 30.0 Å². The van der Waals surface area contributed by atoms with E-state index in [1.807, 2.05) is 0 Å². The number of phenols is 2. The number of hydrogen-bond acceptors (Lipinski definition) is 7. The zero-order valence-electron chi connectivity index (χ0n) is 29.0. The topological polar surface area (TPSA) is 137 Å². The molecule has 0 bridgehead atoms. The summed E-state index contributed by atoms with van der Waals surface area (Å²) >= 11 is 0. The smallest absolute Gasteiger partial charge is 0.408 e. The van der Waals surface area contributed by atoms with Crippen molar-refractivity contribution in [2.45, 2.75) is 97.2 Å². The number of rotatable bonds is 16. The number of phenolic OH excluding ortho intramolecular Hbond substituents is 2. The minimum atomic E-state index is -1.24. The number of unbranched alkanes of at least 4 members (excludes halogenated alkanes) is 5. The molecular formula is C38H51N3O7. The van der Waals surface area contributed by atoms with Gasteiger partial charge in [0.1, 0.15) is 34.9 Å². The van der Waals surface area contributed by atoms with Gasteiger partial charge in [-0.2, -0.15) is 0 Å². The van der Waals surface area contributed by atoms with E-state index >= 15 is 0 Å². The maximum Gasteiger partial charge on any atom is 0.408 e. The Labute approximate surface area is 284 Å². The minimum absolute atomic E-state index is 0.0663. The SMILES string of the molecule is CCCCCCCCN(C(=O)C(Cc1ccc(O)cc1)NC(=O)OC(C)(C)C)C(C(=O)Nc1ccc(OC)cc1)c1cccc(C)c1O. The zero-order chi connectivity index (χ0) is 35.3. The third-order valence-corrected chi connectivity index (χ3v) is 7.88. The molecule has 0 heterocycles. The van der Waals surface area contributed by atoms with Gasteiger partial charge in [0.15, 0.2) is 0 Å². The quantitative estimate of drug-likeness (QED) is 0.117. The second kappa shape index (κ2) is 18.0. The lowest BCUT2D eigenvalue weighted by Gasteiger charge is -2.35. The summed E-state index contributed by atoms with van der Waals surface area (Å²) in [7, 11) is 1.55. The van der Waals surface area contributed by atoms with Gasteiger partial charge in [-0.3, -0.25) is 9.59 Å². The summed E-state index contributed by atoms with van der Waals surface area (Å²) in [5, 5.41) is 26.8. The van der Waals surface area contributed by atoms with Crippen molar-refractivity contribution < 1.29 is 34.1 Å². The molecule has 4 N–H and O–H groups in total. The third-order valence-electron chi connectivity index (χ3n) is 7.88. The number of para-hydroxylation sites is 1. The number of anilines is 1. The number of aromatic hydroxyl groups is 2. The van der Waals surface area contributed by atoms with Gasteiger partial charge in [-0.15, -0.1) is 0 Å². The Morgan fingerprint density at radius 1 is 0.875 bits per heavy atom. The van der Waals surface area contributed by atoms with Crippen molar-refractivity contribution in [1.82, 2.24) is 10.2 Å². The number of amides is 3. The number of ether oxygens (including phenoxy) is 2. The third kappa shape index (κ3) is 11.5. The molecule has 2 atom stereocenters. The van der Waals surface area contributed by atoms with E-state index in [4.69, 9.17) is 9.47 Å². The molecule has 3 aromatic rings. The van der Waals surface area contributed by atoms with Gasteiger partial charge in [-0.25, -0.2) is 4.79 Å². The predicted octanol–water partition coefficient (Wildman–Crippen LogP) is 7.42. The summed E-state index contributed by atoms with van der Waals surface area (Å²) in [5.74, 6) is -0.453. The number of hydrogen-bond donors (Lipinski definition) is 4. The standard InChI is InChI=1S/C38H51N3O7/c1-7-8-9-10-11-12-24-41(36(45)32(40-37(46)48-38(3,4)5)25-27-16-20-29(42)21-17-27)33(31-15-13-14-26(2)34(31)43)35(44)39-28-18-22-30(47-6)23-19-28/h13-23,32-33,42-43H,7-12,24-25H2,1-6H3,(H,39,44)(H,40,46). The Bertz CT molecular complexity index is 1480. The van der Waals surface area contributed by atoms with E-state index in [1.165, 1.54) is 17.0 Å². The first kappa shape index (κ1) is 37.7. The van der Waals surface area contributed by atoms with Crippen LogP contribution in [0.3, 0.4) is 0 Å². The van der Waals surface area contributed by atoms with Crippen LogP contribution in [0.2, 0.25) is 0 Å². The summed E-state index contributed by atoms with van der Waals surface area (Å²) in [5.41, 5.74) is 1.16. The Balaban J connectivity index is 2.09. The van der Waals surface area contributed by atoms with Gasteiger partial charge in [-0.1, -0.05) is 69.4 Å². The monoisotopic (exact) mass is 661 g/mol. The zero-order valence-corrected chi connectivity index (χ0v) is 29.0. The number of carbonyl (C=O) groups is 3. The number of methoxy groups -OCH3 is 1. The first-order valence-corrected chi connectivity index (χ1v) is 16.6. The van der Waals surface area contributed by atoms with Crippen LogP contribution in [-0.2, 0) is 20.7 Å². The highest BCUT2D eigenvalue weighted by Gasteiger charge is 2.37. The van der Waals surface area contributed by atoms with Crippen molar-refractivity contribution in [2.75, 3.05) is 19.0 Å². The van der Waals surface area contributed by atoms with Crippen molar-refractivity contribution in [3.05, 3.63) is 83.4 Å². The summed E-state index contributed by atoms with van der Waals surface area (Å²) in [4.78, 5) is 43.6. The molecule has 0 aliphatic rings. The van der Waals surface area contributed by atoms with Crippen molar-refractivity contribution >= 4 is 23.6 Å². The summed E-state index contributed by atoms with van der Waals surface area (Å²) in [6.07, 6.45) is 4.97. The van der Waals surface area contributed by atoms with Gasteiger partial charge in [0.2, 0.25) is 5.91 Å². The molecule has 0 saturated carbocycles. The predicted molar refractivity (Wildman–Crippen MR) is 187 cm³/mol. The number of carbonyl (C=O) groups excluding carboxylic acids is 3. The molecule has 3 aromatic carbocycles. The lowest BCUT2D eigenvalue weighted by Crippen LogP contribution is -2.53. The highest BCUT2D eigenvalue weighted by atomic mass is 16.6. The normalized spacial score (nSPS) is 12.5. The molecule has 0 radical (unpaired) electrons. The second-order valence-electron chi connectivity index (χ2n) is 13.0. The lowest BCUT2D eigenvalue weighted by molar-refractivity contribution is -0.141. The molecule has 0 aromatic heterocycles. The first-order valence-electron chi connectivity index (χ1n) is 16.6. The molecule has 0 spiro atoms. The summed E-state index contributed by atoms with van der Waals surface area (Å²) < 4.78 is 10.8. The highest BCUT2D eigenvalue weighted by molar-refractivity contribution is 5.99. The molecule has 48 heavy (non-hydrogen) atoms. The molecule has 2 unspecified atom stereocenters. The fourth-order valence-corrected chi connectivity index (χ4v) is 5.38. The van der Waals surface area contributed by atoms with Crippen LogP contribution >= 0.6 is 0 Å². The van der Waals surface area contributed by atoms with Crippen LogP contribution in [0.1, 0.15) is 89.0 Å². The summed E-state index contributed by atoms with van der Waals surface area (Å²) in [6.45, 7) is 9.26.